The van der Waals surface area contributed by atoms with Crippen molar-refractivity contribution < 1.29 is 33.8 Å². The van der Waals surface area contributed by atoms with Gasteiger partial charge in [0.2, 0.25) is 0 Å². The lowest BCUT2D eigenvalue weighted by Gasteiger charge is -2.19. The minimum Gasteiger partial charge on any atom is -0.394 e. The molecule has 10 heteroatoms. The molecule has 1 saturated heterocycles. The fourth-order valence-electron chi connectivity index (χ4n) is 1.41. The molecule has 1 rings (SSSR count). The number of nitrogens with two attached hydrogens (primary N) is 1. The van der Waals surface area contributed by atoms with Gasteiger partial charge in [-0.1, -0.05) is 0 Å². The van der Waals surface area contributed by atoms with Gasteiger partial charge in [-0.15, -0.1) is 0 Å². The summed E-state index contributed by atoms with van der Waals surface area (Å²) in [6.45, 7) is -0.577. The van der Waals surface area contributed by atoms with Crippen LogP contribution in [-0.4, -0.2) is 56.9 Å². The first kappa shape index (κ1) is 13.5. The number of aliphatic hydroxyl groups excluding tert-OH is 2. The van der Waals surface area contributed by atoms with E-state index < -0.39 is 44.7 Å². The van der Waals surface area contributed by atoms with Gasteiger partial charge in [-0.05, 0) is 0 Å². The number of amidine groups is 1. The molecular formula is C6H13N2O7P. The average molecular weight is 256 g/mol. The summed E-state index contributed by atoms with van der Waals surface area (Å²) >= 11 is 0. The third kappa shape index (κ3) is 2.98. The topological polar surface area (TPSA) is 166 Å². The van der Waals surface area contributed by atoms with Gasteiger partial charge in [0.15, 0.2) is 0 Å². The van der Waals surface area contributed by atoms with Crippen molar-refractivity contribution in [1.29, 1.82) is 5.41 Å². The first-order valence-corrected chi connectivity index (χ1v) is 5.81. The zero-order valence-electron chi connectivity index (χ0n) is 8.05. The third-order valence-electron chi connectivity index (χ3n) is 2.08. The van der Waals surface area contributed by atoms with Gasteiger partial charge < -0.3 is 30.5 Å². The minimum absolute atomic E-state index is 0.548. The summed E-state index contributed by atoms with van der Waals surface area (Å²) in [6.07, 6.45) is -5.33. The fourth-order valence-corrected chi connectivity index (χ4v) is 1.97. The molecule has 0 spiro atoms. The molecule has 1 fully saturated rings. The lowest BCUT2D eigenvalue weighted by molar-refractivity contribution is -0.0102. The van der Waals surface area contributed by atoms with Gasteiger partial charge in [0.05, 0.1) is 6.61 Å². The largest absolute Gasteiger partial charge is 0.470 e. The van der Waals surface area contributed by atoms with E-state index >= 15 is 0 Å². The van der Waals surface area contributed by atoms with E-state index in [0.29, 0.717) is 0 Å². The predicted octanol–water partition coefficient (Wildman–Crippen LogP) is -2.48. The van der Waals surface area contributed by atoms with E-state index in [0.717, 1.165) is 0 Å². The Morgan fingerprint density at radius 1 is 1.56 bits per heavy atom. The van der Waals surface area contributed by atoms with Crippen LogP contribution in [0.25, 0.3) is 0 Å². The van der Waals surface area contributed by atoms with Crippen LogP contribution >= 0.6 is 7.82 Å². The number of phosphoric acid groups is 1. The van der Waals surface area contributed by atoms with Crippen molar-refractivity contribution in [2.75, 3.05) is 6.61 Å². The number of ether oxygens (including phenoxy) is 1. The molecule has 0 saturated carbocycles. The standard InChI is InChI=1S/C6H13N2O7P/c7-6(8)5-4(15-16(11,12)13)3(10)2(1-9)14-5/h2-5,9-10H,1H2,(H3,7,8)(H2,11,12,13)/t2-,3-,4-,5?/m1/s1. The Kier molecular flexibility index (Phi) is 4.02. The van der Waals surface area contributed by atoms with Crippen LogP contribution in [0.15, 0.2) is 0 Å². The monoisotopic (exact) mass is 256 g/mol. The van der Waals surface area contributed by atoms with Crippen LogP contribution in [-0.2, 0) is 13.8 Å². The van der Waals surface area contributed by atoms with Crippen molar-refractivity contribution >= 4 is 13.7 Å². The summed E-state index contributed by atoms with van der Waals surface area (Å²) in [4.78, 5) is 17.2. The number of rotatable bonds is 4. The van der Waals surface area contributed by atoms with Crippen molar-refractivity contribution in [2.24, 2.45) is 5.73 Å². The second-order valence-electron chi connectivity index (χ2n) is 3.28. The highest BCUT2D eigenvalue weighted by Gasteiger charge is 2.48. The van der Waals surface area contributed by atoms with Gasteiger partial charge in [0.25, 0.3) is 0 Å². The Labute approximate surface area is 90.5 Å². The molecule has 94 valence electrons. The molecule has 1 heterocycles. The van der Waals surface area contributed by atoms with Crippen LogP contribution in [0.3, 0.4) is 0 Å². The Bertz CT molecular complexity index is 318. The van der Waals surface area contributed by atoms with Gasteiger partial charge in [-0.25, -0.2) is 4.57 Å². The molecular weight excluding hydrogens is 243 g/mol. The summed E-state index contributed by atoms with van der Waals surface area (Å²) in [7, 11) is -4.84. The predicted molar refractivity (Wildman–Crippen MR) is 50.6 cm³/mol. The molecule has 4 atom stereocenters. The van der Waals surface area contributed by atoms with Gasteiger partial charge in [0.1, 0.15) is 30.3 Å². The second kappa shape index (κ2) is 4.76. The maximum Gasteiger partial charge on any atom is 0.470 e. The van der Waals surface area contributed by atoms with Crippen molar-refractivity contribution in [3.05, 3.63) is 0 Å². The van der Waals surface area contributed by atoms with Crippen LogP contribution < -0.4 is 5.73 Å². The number of hydrogen-bond acceptors (Lipinski definition) is 6. The molecule has 1 unspecified atom stereocenters. The molecule has 1 aliphatic rings. The zero-order chi connectivity index (χ0) is 12.5. The van der Waals surface area contributed by atoms with E-state index in [1.165, 1.54) is 0 Å². The number of aliphatic hydroxyl groups is 2. The normalized spacial score (nSPS) is 35.2. The highest BCUT2D eigenvalue weighted by Crippen LogP contribution is 2.41. The van der Waals surface area contributed by atoms with Gasteiger partial charge in [-0.2, -0.15) is 0 Å². The average Bonchev–Trinajstić information content (AvgIpc) is 2.42. The minimum atomic E-state index is -4.84. The Balaban J connectivity index is 2.85. The third-order valence-corrected chi connectivity index (χ3v) is 2.60. The quantitative estimate of drug-likeness (QED) is 0.182. The molecule has 0 amide bonds. The van der Waals surface area contributed by atoms with Gasteiger partial charge in [0, 0.05) is 0 Å². The van der Waals surface area contributed by atoms with E-state index in [4.69, 9.17) is 30.8 Å². The molecule has 16 heavy (non-hydrogen) atoms. The Morgan fingerprint density at radius 2 is 2.12 bits per heavy atom. The Morgan fingerprint density at radius 3 is 2.50 bits per heavy atom. The molecule has 0 aromatic heterocycles. The molecule has 1 aliphatic heterocycles. The summed E-state index contributed by atoms with van der Waals surface area (Å²) in [6, 6.07) is 0. The van der Waals surface area contributed by atoms with Crippen LogP contribution in [0.4, 0.5) is 0 Å². The number of hydrogen-bond donors (Lipinski definition) is 6. The molecule has 7 N–H and O–H groups in total. The van der Waals surface area contributed by atoms with E-state index in [1.54, 1.807) is 0 Å². The van der Waals surface area contributed by atoms with E-state index in [1.807, 2.05) is 0 Å². The van der Waals surface area contributed by atoms with Crippen molar-refractivity contribution in [3.8, 4) is 0 Å². The van der Waals surface area contributed by atoms with Crippen molar-refractivity contribution in [2.45, 2.75) is 24.4 Å². The van der Waals surface area contributed by atoms with E-state index in [-0.39, 0.29) is 0 Å². The summed E-state index contributed by atoms with van der Waals surface area (Å²) in [5, 5.41) is 25.4. The second-order valence-corrected chi connectivity index (χ2v) is 4.48. The van der Waals surface area contributed by atoms with Crippen molar-refractivity contribution in [3.63, 3.8) is 0 Å². The molecule has 0 bridgehead atoms. The molecule has 0 aromatic carbocycles. The van der Waals surface area contributed by atoms with E-state index in [2.05, 4.69) is 4.52 Å². The maximum atomic E-state index is 10.6. The smallest absolute Gasteiger partial charge is 0.394 e. The highest BCUT2D eigenvalue weighted by atomic mass is 31.2. The first-order chi connectivity index (χ1) is 7.26. The van der Waals surface area contributed by atoms with Crippen LogP contribution in [0.2, 0.25) is 0 Å². The fraction of sp³-hybridized carbons (Fsp3) is 0.833. The maximum absolute atomic E-state index is 10.6. The summed E-state index contributed by atoms with van der Waals surface area (Å²) in [5.74, 6) is -0.548. The Hall–Kier alpha value is -0.540. The molecule has 9 nitrogen and oxygen atoms in total. The number of phosphoric ester groups is 1. The van der Waals surface area contributed by atoms with Gasteiger partial charge >= 0.3 is 7.82 Å². The SMILES string of the molecule is N=C(N)C1O[C@H](CO)[C@@H](O)[C@H]1OP(=O)(O)O. The van der Waals surface area contributed by atoms with Crippen LogP contribution in [0.1, 0.15) is 0 Å². The first-order valence-electron chi connectivity index (χ1n) is 4.28. The lowest BCUT2D eigenvalue weighted by Crippen LogP contribution is -2.41. The van der Waals surface area contributed by atoms with Crippen LogP contribution in [0, 0.1) is 5.41 Å². The molecule has 0 aromatic rings. The highest BCUT2D eigenvalue weighted by molar-refractivity contribution is 7.46. The summed E-state index contributed by atoms with van der Waals surface area (Å²) < 4.78 is 19.8. The number of nitrogens with one attached hydrogen (secondary N) is 1. The van der Waals surface area contributed by atoms with Crippen molar-refractivity contribution in [1.82, 2.24) is 0 Å². The summed E-state index contributed by atoms with van der Waals surface area (Å²) in [5.41, 5.74) is 5.12. The molecule has 0 aliphatic carbocycles. The van der Waals surface area contributed by atoms with E-state index in [9.17, 15) is 9.67 Å². The molecule has 0 radical (unpaired) electrons. The lowest BCUT2D eigenvalue weighted by atomic mass is 10.1. The van der Waals surface area contributed by atoms with Gasteiger partial charge in [-0.3, -0.25) is 9.93 Å². The zero-order valence-corrected chi connectivity index (χ0v) is 8.95. The van der Waals surface area contributed by atoms with Crippen LogP contribution in [0.5, 0.6) is 0 Å².